The average molecular weight is 270 g/mol. The lowest BCUT2D eigenvalue weighted by Gasteiger charge is -2.21. The largest absolute Gasteiger partial charge is 0.377 e. The van der Waals surface area contributed by atoms with Gasteiger partial charge in [-0.25, -0.2) is 8.42 Å². The standard InChI is InChI=1S/C10H20ClNO3S/c1-10-9-12(6-4-7-15-10)16(13,14)8-3-2-5-11/h10H,2-9H2,1H3. The van der Waals surface area contributed by atoms with Crippen LogP contribution in [0.4, 0.5) is 0 Å². The maximum Gasteiger partial charge on any atom is 0.214 e. The molecule has 1 saturated heterocycles. The number of ether oxygens (including phenoxy) is 1. The molecule has 0 saturated carbocycles. The van der Waals surface area contributed by atoms with Crippen molar-refractivity contribution in [3.8, 4) is 0 Å². The van der Waals surface area contributed by atoms with Gasteiger partial charge in [0.25, 0.3) is 0 Å². The van der Waals surface area contributed by atoms with Crippen LogP contribution in [0.2, 0.25) is 0 Å². The van der Waals surface area contributed by atoms with Gasteiger partial charge in [0.15, 0.2) is 0 Å². The van der Waals surface area contributed by atoms with E-state index in [9.17, 15) is 8.42 Å². The van der Waals surface area contributed by atoms with E-state index in [4.69, 9.17) is 16.3 Å². The second-order valence-electron chi connectivity index (χ2n) is 4.11. The van der Waals surface area contributed by atoms with E-state index in [1.54, 1.807) is 4.31 Å². The van der Waals surface area contributed by atoms with Gasteiger partial charge in [-0.05, 0) is 26.2 Å². The molecule has 4 nitrogen and oxygen atoms in total. The van der Waals surface area contributed by atoms with Gasteiger partial charge in [0.2, 0.25) is 10.0 Å². The van der Waals surface area contributed by atoms with Gasteiger partial charge in [0, 0.05) is 25.6 Å². The van der Waals surface area contributed by atoms with Crippen LogP contribution in [0.1, 0.15) is 26.2 Å². The molecule has 1 aliphatic rings. The van der Waals surface area contributed by atoms with Gasteiger partial charge in [-0.3, -0.25) is 0 Å². The first kappa shape index (κ1) is 14.2. The minimum Gasteiger partial charge on any atom is -0.377 e. The highest BCUT2D eigenvalue weighted by Crippen LogP contribution is 2.12. The highest BCUT2D eigenvalue weighted by molar-refractivity contribution is 7.89. The first-order valence-corrected chi connectivity index (χ1v) is 7.86. The number of halogens is 1. The lowest BCUT2D eigenvalue weighted by Crippen LogP contribution is -2.37. The average Bonchev–Trinajstić information content (AvgIpc) is 2.43. The van der Waals surface area contributed by atoms with Crippen molar-refractivity contribution in [3.05, 3.63) is 0 Å². The zero-order valence-electron chi connectivity index (χ0n) is 9.69. The number of hydrogen-bond donors (Lipinski definition) is 0. The molecule has 0 aromatic rings. The summed E-state index contributed by atoms with van der Waals surface area (Å²) in [6, 6.07) is 0. The molecule has 0 aliphatic carbocycles. The predicted molar refractivity (Wildman–Crippen MR) is 65.3 cm³/mol. The van der Waals surface area contributed by atoms with Gasteiger partial charge >= 0.3 is 0 Å². The summed E-state index contributed by atoms with van der Waals surface area (Å²) in [6.45, 7) is 3.61. The highest BCUT2D eigenvalue weighted by atomic mass is 35.5. The summed E-state index contributed by atoms with van der Waals surface area (Å²) in [5.74, 6) is 0.724. The lowest BCUT2D eigenvalue weighted by atomic mass is 10.4. The highest BCUT2D eigenvalue weighted by Gasteiger charge is 2.25. The van der Waals surface area contributed by atoms with Crippen molar-refractivity contribution in [1.29, 1.82) is 0 Å². The van der Waals surface area contributed by atoms with E-state index in [2.05, 4.69) is 0 Å². The minimum absolute atomic E-state index is 0.00898. The second kappa shape index (κ2) is 6.79. The van der Waals surface area contributed by atoms with Gasteiger partial charge in [0.05, 0.1) is 11.9 Å². The third-order valence-corrected chi connectivity index (χ3v) is 4.78. The molecule has 1 unspecified atom stereocenters. The van der Waals surface area contributed by atoms with E-state index in [0.29, 0.717) is 32.0 Å². The minimum atomic E-state index is -3.12. The molecule has 1 heterocycles. The topological polar surface area (TPSA) is 46.6 Å². The van der Waals surface area contributed by atoms with Crippen molar-refractivity contribution in [2.24, 2.45) is 0 Å². The van der Waals surface area contributed by atoms with E-state index in [-0.39, 0.29) is 11.9 Å². The molecule has 1 atom stereocenters. The van der Waals surface area contributed by atoms with Crippen LogP contribution in [0.25, 0.3) is 0 Å². The Labute approximate surface area is 103 Å². The fourth-order valence-corrected chi connectivity index (χ4v) is 3.58. The second-order valence-corrected chi connectivity index (χ2v) is 6.57. The fourth-order valence-electron chi connectivity index (χ4n) is 1.72. The number of nitrogens with zero attached hydrogens (tertiary/aromatic N) is 1. The Morgan fingerprint density at radius 1 is 1.44 bits per heavy atom. The lowest BCUT2D eigenvalue weighted by molar-refractivity contribution is 0.0752. The first-order chi connectivity index (χ1) is 7.56. The van der Waals surface area contributed by atoms with Crippen LogP contribution in [0.5, 0.6) is 0 Å². The van der Waals surface area contributed by atoms with Crippen LogP contribution in [0.15, 0.2) is 0 Å². The molecule has 6 heteroatoms. The Kier molecular flexibility index (Phi) is 6.03. The first-order valence-electron chi connectivity index (χ1n) is 5.71. The number of rotatable bonds is 5. The van der Waals surface area contributed by atoms with Crippen molar-refractivity contribution in [2.45, 2.75) is 32.3 Å². The zero-order valence-corrected chi connectivity index (χ0v) is 11.3. The molecule has 0 N–H and O–H groups in total. The van der Waals surface area contributed by atoms with Crippen molar-refractivity contribution in [3.63, 3.8) is 0 Å². The Morgan fingerprint density at radius 3 is 2.88 bits per heavy atom. The summed E-state index contributed by atoms with van der Waals surface area (Å²) in [5.41, 5.74) is 0. The molecular weight excluding hydrogens is 250 g/mol. The Balaban J connectivity index is 2.52. The Bertz CT molecular complexity index is 294. The number of sulfonamides is 1. The normalized spacial score (nSPS) is 24.2. The van der Waals surface area contributed by atoms with Crippen LogP contribution < -0.4 is 0 Å². The Hall–Kier alpha value is 0.160. The van der Waals surface area contributed by atoms with Gasteiger partial charge in [-0.1, -0.05) is 0 Å². The van der Waals surface area contributed by atoms with E-state index in [1.807, 2.05) is 6.92 Å². The molecule has 0 amide bonds. The molecule has 96 valence electrons. The molecular formula is C10H20ClNO3S. The molecule has 0 aromatic carbocycles. The van der Waals surface area contributed by atoms with Crippen LogP contribution in [0, 0.1) is 0 Å². The zero-order chi connectivity index (χ0) is 12.0. The van der Waals surface area contributed by atoms with Crippen molar-refractivity contribution in [1.82, 2.24) is 4.31 Å². The molecule has 1 rings (SSSR count). The van der Waals surface area contributed by atoms with Crippen molar-refractivity contribution < 1.29 is 13.2 Å². The SMILES string of the molecule is CC1CN(S(=O)(=O)CCCCCl)CCCO1. The summed E-state index contributed by atoms with van der Waals surface area (Å²) in [7, 11) is -3.12. The fraction of sp³-hybridized carbons (Fsp3) is 1.00. The van der Waals surface area contributed by atoms with Crippen LogP contribution in [-0.4, -0.2) is 50.2 Å². The van der Waals surface area contributed by atoms with E-state index >= 15 is 0 Å². The quantitative estimate of drug-likeness (QED) is 0.561. The van der Waals surface area contributed by atoms with E-state index in [0.717, 1.165) is 12.8 Å². The predicted octanol–water partition coefficient (Wildman–Crippen LogP) is 1.45. The molecule has 1 aliphatic heterocycles. The summed E-state index contributed by atoms with van der Waals surface area (Å²) in [4.78, 5) is 0. The summed E-state index contributed by atoms with van der Waals surface area (Å²) >= 11 is 5.54. The maximum atomic E-state index is 12.0. The van der Waals surface area contributed by atoms with Crippen LogP contribution in [0.3, 0.4) is 0 Å². The van der Waals surface area contributed by atoms with Gasteiger partial charge in [-0.15, -0.1) is 11.6 Å². The van der Waals surface area contributed by atoms with Crippen LogP contribution >= 0.6 is 11.6 Å². The molecule has 1 fully saturated rings. The monoisotopic (exact) mass is 269 g/mol. The third-order valence-electron chi connectivity index (χ3n) is 2.59. The summed E-state index contributed by atoms with van der Waals surface area (Å²) < 4.78 is 31.0. The number of hydrogen-bond acceptors (Lipinski definition) is 3. The molecule has 16 heavy (non-hydrogen) atoms. The van der Waals surface area contributed by atoms with Crippen molar-refractivity contribution >= 4 is 21.6 Å². The summed E-state index contributed by atoms with van der Waals surface area (Å²) in [5, 5.41) is 0. The van der Waals surface area contributed by atoms with E-state index in [1.165, 1.54) is 0 Å². The maximum absolute atomic E-state index is 12.0. The van der Waals surface area contributed by atoms with Gasteiger partial charge < -0.3 is 4.74 Å². The molecule has 0 radical (unpaired) electrons. The smallest absolute Gasteiger partial charge is 0.214 e. The number of unbranched alkanes of at least 4 members (excludes halogenated alkanes) is 1. The van der Waals surface area contributed by atoms with Gasteiger partial charge in [-0.2, -0.15) is 4.31 Å². The molecule has 0 aromatic heterocycles. The Morgan fingerprint density at radius 2 is 2.19 bits per heavy atom. The van der Waals surface area contributed by atoms with Crippen molar-refractivity contribution in [2.75, 3.05) is 31.3 Å². The van der Waals surface area contributed by atoms with E-state index < -0.39 is 10.0 Å². The van der Waals surface area contributed by atoms with Crippen LogP contribution in [-0.2, 0) is 14.8 Å². The molecule has 0 bridgehead atoms. The summed E-state index contributed by atoms with van der Waals surface area (Å²) in [6.07, 6.45) is 2.16. The van der Waals surface area contributed by atoms with Gasteiger partial charge in [0.1, 0.15) is 0 Å². The molecule has 0 spiro atoms. The number of alkyl halides is 1. The third kappa shape index (κ3) is 4.57.